The van der Waals surface area contributed by atoms with Gasteiger partial charge in [-0.05, 0) is 36.8 Å². The molecule has 0 aliphatic heterocycles. The molecule has 1 N–H and O–H groups in total. The fourth-order valence-electron chi connectivity index (χ4n) is 2.14. The van der Waals surface area contributed by atoms with Crippen molar-refractivity contribution >= 4 is 17.4 Å². The van der Waals surface area contributed by atoms with Crippen LogP contribution in [-0.4, -0.2) is 11.7 Å². The highest BCUT2D eigenvalue weighted by Gasteiger charge is 2.09. The fraction of sp³-hybridized carbons (Fsp3) is 0.263. The zero-order chi connectivity index (χ0) is 16.1. The van der Waals surface area contributed by atoms with E-state index in [1.165, 1.54) is 0 Å². The van der Waals surface area contributed by atoms with Gasteiger partial charge in [0.05, 0.1) is 0 Å². The van der Waals surface area contributed by atoms with Crippen LogP contribution in [0.15, 0.2) is 48.5 Å². The molecule has 3 heteroatoms. The van der Waals surface area contributed by atoms with Crippen molar-refractivity contribution < 1.29 is 9.59 Å². The van der Waals surface area contributed by atoms with Gasteiger partial charge in [-0.1, -0.05) is 43.7 Å². The molecule has 22 heavy (non-hydrogen) atoms. The molecule has 0 spiro atoms. The lowest BCUT2D eigenvalue weighted by Gasteiger charge is -2.08. The molecular formula is C19H21NO2. The number of hydrogen-bond donors (Lipinski definition) is 1. The van der Waals surface area contributed by atoms with Gasteiger partial charge in [-0.15, -0.1) is 0 Å². The molecule has 0 unspecified atom stereocenters. The normalized spacial score (nSPS) is 10.5. The summed E-state index contributed by atoms with van der Waals surface area (Å²) in [5.74, 6) is -0.0196. The lowest BCUT2D eigenvalue weighted by atomic mass is 10.0. The molecule has 0 aromatic heterocycles. The highest BCUT2D eigenvalue weighted by Crippen LogP contribution is 2.14. The Morgan fingerprint density at radius 3 is 2.32 bits per heavy atom. The maximum absolute atomic E-state index is 12.3. The van der Waals surface area contributed by atoms with Crippen molar-refractivity contribution in [3.8, 4) is 0 Å². The highest BCUT2D eigenvalue weighted by molar-refractivity contribution is 5.98. The Hall–Kier alpha value is -2.42. The van der Waals surface area contributed by atoms with E-state index in [4.69, 9.17) is 0 Å². The van der Waals surface area contributed by atoms with Crippen LogP contribution in [-0.2, 0) is 11.2 Å². The van der Waals surface area contributed by atoms with Crippen LogP contribution in [0.1, 0.15) is 35.3 Å². The van der Waals surface area contributed by atoms with E-state index in [0.29, 0.717) is 17.7 Å². The third-order valence-corrected chi connectivity index (χ3v) is 3.45. The first kappa shape index (κ1) is 16.0. The number of ketones is 1. The Labute approximate surface area is 131 Å². The predicted molar refractivity (Wildman–Crippen MR) is 89.1 cm³/mol. The molecule has 0 saturated carbocycles. The topological polar surface area (TPSA) is 46.2 Å². The van der Waals surface area contributed by atoms with Gasteiger partial charge in [0, 0.05) is 23.6 Å². The SMILES string of the molecule is Cc1cccc(CC(=O)c2ccc(NC(=O)C(C)C)cc2)c1. The molecule has 3 nitrogen and oxygen atoms in total. The summed E-state index contributed by atoms with van der Waals surface area (Å²) in [6, 6.07) is 15.0. The predicted octanol–water partition coefficient (Wildman–Crippen LogP) is 4.01. The van der Waals surface area contributed by atoms with E-state index in [2.05, 4.69) is 5.32 Å². The standard InChI is InChI=1S/C19H21NO2/c1-13(2)19(22)20-17-9-7-16(8-10-17)18(21)12-15-6-4-5-14(3)11-15/h4-11,13H,12H2,1-3H3,(H,20,22). The second-order valence-electron chi connectivity index (χ2n) is 5.81. The molecule has 2 aromatic rings. The highest BCUT2D eigenvalue weighted by atomic mass is 16.1. The van der Waals surface area contributed by atoms with E-state index in [-0.39, 0.29) is 17.6 Å². The molecule has 1 amide bonds. The van der Waals surface area contributed by atoms with E-state index in [1.807, 2.05) is 45.0 Å². The summed E-state index contributed by atoms with van der Waals surface area (Å²) >= 11 is 0. The molecule has 0 atom stereocenters. The molecule has 0 aliphatic carbocycles. The third kappa shape index (κ3) is 4.29. The van der Waals surface area contributed by atoms with Gasteiger partial charge >= 0.3 is 0 Å². The Morgan fingerprint density at radius 2 is 1.73 bits per heavy atom. The van der Waals surface area contributed by atoms with Gasteiger partial charge in [0.1, 0.15) is 0 Å². The quantitative estimate of drug-likeness (QED) is 0.847. The van der Waals surface area contributed by atoms with Crippen LogP contribution in [0.25, 0.3) is 0 Å². The van der Waals surface area contributed by atoms with Gasteiger partial charge in [-0.2, -0.15) is 0 Å². The van der Waals surface area contributed by atoms with Crippen LogP contribution < -0.4 is 5.32 Å². The molecule has 0 radical (unpaired) electrons. The largest absolute Gasteiger partial charge is 0.326 e. The van der Waals surface area contributed by atoms with Crippen molar-refractivity contribution in [2.75, 3.05) is 5.32 Å². The van der Waals surface area contributed by atoms with E-state index >= 15 is 0 Å². The summed E-state index contributed by atoms with van der Waals surface area (Å²) in [7, 11) is 0. The van der Waals surface area contributed by atoms with E-state index < -0.39 is 0 Å². The first-order valence-corrected chi connectivity index (χ1v) is 7.45. The van der Waals surface area contributed by atoms with Crippen LogP contribution in [0.4, 0.5) is 5.69 Å². The molecule has 0 saturated heterocycles. The summed E-state index contributed by atoms with van der Waals surface area (Å²) < 4.78 is 0. The molecule has 114 valence electrons. The Bertz CT molecular complexity index is 672. The van der Waals surface area contributed by atoms with Gasteiger partial charge in [-0.3, -0.25) is 9.59 Å². The minimum absolute atomic E-state index is 0.0289. The fourth-order valence-corrected chi connectivity index (χ4v) is 2.14. The Morgan fingerprint density at radius 1 is 1.05 bits per heavy atom. The van der Waals surface area contributed by atoms with Gasteiger partial charge in [0.2, 0.25) is 5.91 Å². The number of Topliss-reactive ketones (excluding diaryl/α,β-unsaturated/α-hetero) is 1. The van der Waals surface area contributed by atoms with Crippen LogP contribution in [0.5, 0.6) is 0 Å². The number of aryl methyl sites for hydroxylation is 1. The molecule has 2 aromatic carbocycles. The number of benzene rings is 2. The number of hydrogen-bond acceptors (Lipinski definition) is 2. The monoisotopic (exact) mass is 295 g/mol. The minimum atomic E-state index is -0.0670. The first-order valence-electron chi connectivity index (χ1n) is 7.45. The Kier molecular flexibility index (Phi) is 5.10. The van der Waals surface area contributed by atoms with E-state index in [9.17, 15) is 9.59 Å². The van der Waals surface area contributed by atoms with Crippen LogP contribution >= 0.6 is 0 Å². The average Bonchev–Trinajstić information content (AvgIpc) is 2.47. The second-order valence-corrected chi connectivity index (χ2v) is 5.81. The summed E-state index contributed by atoms with van der Waals surface area (Å²) in [6.45, 7) is 5.70. The van der Waals surface area contributed by atoms with Gasteiger partial charge in [-0.25, -0.2) is 0 Å². The average molecular weight is 295 g/mol. The molecular weight excluding hydrogens is 274 g/mol. The lowest BCUT2D eigenvalue weighted by Crippen LogP contribution is -2.17. The summed E-state index contributed by atoms with van der Waals surface area (Å²) in [5.41, 5.74) is 3.54. The van der Waals surface area contributed by atoms with E-state index in [1.54, 1.807) is 24.3 Å². The molecule has 0 bridgehead atoms. The van der Waals surface area contributed by atoms with Crippen LogP contribution in [0.3, 0.4) is 0 Å². The number of nitrogens with one attached hydrogen (secondary N) is 1. The van der Waals surface area contributed by atoms with Crippen LogP contribution in [0, 0.1) is 12.8 Å². The number of amides is 1. The van der Waals surface area contributed by atoms with Crippen LogP contribution in [0.2, 0.25) is 0 Å². The summed E-state index contributed by atoms with van der Waals surface area (Å²) in [5, 5.41) is 2.81. The van der Waals surface area contributed by atoms with Crippen molar-refractivity contribution in [2.45, 2.75) is 27.2 Å². The molecule has 0 fully saturated rings. The molecule has 0 aliphatic rings. The molecule has 2 rings (SSSR count). The smallest absolute Gasteiger partial charge is 0.226 e. The lowest BCUT2D eigenvalue weighted by molar-refractivity contribution is -0.118. The van der Waals surface area contributed by atoms with E-state index in [0.717, 1.165) is 11.1 Å². The van der Waals surface area contributed by atoms with Crippen molar-refractivity contribution in [3.63, 3.8) is 0 Å². The van der Waals surface area contributed by atoms with Gasteiger partial charge in [0.25, 0.3) is 0 Å². The van der Waals surface area contributed by atoms with Gasteiger partial charge in [0.15, 0.2) is 5.78 Å². The number of carbonyl (C=O) groups excluding carboxylic acids is 2. The van der Waals surface area contributed by atoms with Crippen molar-refractivity contribution in [2.24, 2.45) is 5.92 Å². The minimum Gasteiger partial charge on any atom is -0.326 e. The second kappa shape index (κ2) is 7.03. The Balaban J connectivity index is 2.03. The zero-order valence-corrected chi connectivity index (χ0v) is 13.2. The maximum atomic E-state index is 12.3. The van der Waals surface area contributed by atoms with Crippen molar-refractivity contribution in [3.05, 3.63) is 65.2 Å². The third-order valence-electron chi connectivity index (χ3n) is 3.45. The maximum Gasteiger partial charge on any atom is 0.226 e. The summed E-state index contributed by atoms with van der Waals surface area (Å²) in [6.07, 6.45) is 0.388. The summed E-state index contributed by atoms with van der Waals surface area (Å²) in [4.78, 5) is 23.9. The number of anilines is 1. The molecule has 0 heterocycles. The number of rotatable bonds is 5. The first-order chi connectivity index (χ1) is 10.5. The number of carbonyl (C=O) groups is 2. The van der Waals surface area contributed by atoms with Crippen molar-refractivity contribution in [1.29, 1.82) is 0 Å². The zero-order valence-electron chi connectivity index (χ0n) is 13.2. The van der Waals surface area contributed by atoms with Crippen molar-refractivity contribution in [1.82, 2.24) is 0 Å². The van der Waals surface area contributed by atoms with Gasteiger partial charge < -0.3 is 5.32 Å².